The largest absolute Gasteiger partial charge is 0.327 e. The molecule has 17 heavy (non-hydrogen) atoms. The normalized spacial score (nSPS) is 30.5. The van der Waals surface area contributed by atoms with Gasteiger partial charge in [0.1, 0.15) is 0 Å². The number of nitrogens with two attached hydrogens (primary N) is 1. The van der Waals surface area contributed by atoms with Gasteiger partial charge in [-0.3, -0.25) is 0 Å². The second-order valence-corrected chi connectivity index (χ2v) is 6.42. The van der Waals surface area contributed by atoms with Crippen molar-refractivity contribution in [3.63, 3.8) is 0 Å². The van der Waals surface area contributed by atoms with Crippen molar-refractivity contribution in [2.24, 2.45) is 23.5 Å². The van der Waals surface area contributed by atoms with Gasteiger partial charge in [0, 0.05) is 18.6 Å². The van der Waals surface area contributed by atoms with E-state index < -0.39 is 0 Å². The third-order valence-corrected chi connectivity index (χ3v) is 4.63. The van der Waals surface area contributed by atoms with Crippen molar-refractivity contribution in [2.75, 3.05) is 13.1 Å². The molecule has 1 aliphatic rings. The van der Waals surface area contributed by atoms with E-state index in [4.69, 9.17) is 5.73 Å². The lowest BCUT2D eigenvalue weighted by atomic mass is 9.73. The van der Waals surface area contributed by atoms with E-state index in [-0.39, 0.29) is 0 Å². The van der Waals surface area contributed by atoms with Gasteiger partial charge in [-0.05, 0) is 57.4 Å². The van der Waals surface area contributed by atoms with Crippen LogP contribution >= 0.6 is 0 Å². The fourth-order valence-electron chi connectivity index (χ4n) is 3.15. The first-order chi connectivity index (χ1) is 7.95. The predicted molar refractivity (Wildman–Crippen MR) is 76.0 cm³/mol. The van der Waals surface area contributed by atoms with Gasteiger partial charge in [0.15, 0.2) is 0 Å². The summed E-state index contributed by atoms with van der Waals surface area (Å²) >= 11 is 0. The van der Waals surface area contributed by atoms with Crippen LogP contribution in [-0.2, 0) is 0 Å². The van der Waals surface area contributed by atoms with Gasteiger partial charge in [0.25, 0.3) is 0 Å². The second-order valence-electron chi connectivity index (χ2n) is 6.42. The van der Waals surface area contributed by atoms with Gasteiger partial charge in [-0.15, -0.1) is 0 Å². The van der Waals surface area contributed by atoms with Crippen LogP contribution in [0, 0.1) is 17.8 Å². The van der Waals surface area contributed by atoms with E-state index in [0.29, 0.717) is 18.0 Å². The van der Waals surface area contributed by atoms with Crippen LogP contribution in [0.25, 0.3) is 0 Å². The quantitative estimate of drug-likeness (QED) is 0.800. The van der Waals surface area contributed by atoms with E-state index in [1.54, 1.807) is 0 Å². The zero-order valence-electron chi connectivity index (χ0n) is 12.4. The van der Waals surface area contributed by atoms with E-state index in [2.05, 4.69) is 39.5 Å². The molecule has 0 radical (unpaired) electrons. The Labute approximate surface area is 108 Å². The van der Waals surface area contributed by atoms with Crippen molar-refractivity contribution in [2.45, 2.75) is 66.0 Å². The fraction of sp³-hybridized carbons (Fsp3) is 1.00. The first-order valence-electron chi connectivity index (χ1n) is 7.45. The molecule has 0 saturated heterocycles. The molecule has 1 aliphatic carbocycles. The second kappa shape index (κ2) is 6.75. The van der Waals surface area contributed by atoms with Crippen molar-refractivity contribution in [3.8, 4) is 0 Å². The van der Waals surface area contributed by atoms with E-state index >= 15 is 0 Å². The first kappa shape index (κ1) is 15.0. The van der Waals surface area contributed by atoms with Gasteiger partial charge in [-0.1, -0.05) is 20.8 Å². The van der Waals surface area contributed by atoms with Crippen molar-refractivity contribution in [1.29, 1.82) is 0 Å². The molecule has 102 valence electrons. The Balaban J connectivity index is 2.54. The summed E-state index contributed by atoms with van der Waals surface area (Å²) in [7, 11) is 0. The Bertz CT molecular complexity index is 213. The highest BCUT2D eigenvalue weighted by molar-refractivity contribution is 4.86. The van der Waals surface area contributed by atoms with Crippen LogP contribution in [0.4, 0.5) is 0 Å². The average molecular weight is 240 g/mol. The molecule has 3 atom stereocenters. The van der Waals surface area contributed by atoms with E-state index in [9.17, 15) is 0 Å². The molecule has 0 aromatic carbocycles. The van der Waals surface area contributed by atoms with Crippen LogP contribution in [0.15, 0.2) is 0 Å². The molecule has 0 aliphatic heterocycles. The SMILES string of the molecule is CCN(CC1CC(C(C)C)CCC1N)C(C)C. The molecule has 0 amide bonds. The van der Waals surface area contributed by atoms with Crippen LogP contribution in [0.3, 0.4) is 0 Å². The maximum absolute atomic E-state index is 6.32. The van der Waals surface area contributed by atoms with Gasteiger partial charge >= 0.3 is 0 Å². The Hall–Kier alpha value is -0.0800. The Kier molecular flexibility index (Phi) is 5.94. The third kappa shape index (κ3) is 4.26. The Morgan fingerprint density at radius 3 is 2.29 bits per heavy atom. The molecule has 2 heteroatoms. The summed E-state index contributed by atoms with van der Waals surface area (Å²) in [5.74, 6) is 2.42. The highest BCUT2D eigenvalue weighted by Crippen LogP contribution is 2.33. The molecular weight excluding hydrogens is 208 g/mol. The van der Waals surface area contributed by atoms with E-state index in [0.717, 1.165) is 18.4 Å². The van der Waals surface area contributed by atoms with Gasteiger partial charge in [-0.25, -0.2) is 0 Å². The summed E-state index contributed by atoms with van der Waals surface area (Å²) in [6.45, 7) is 13.9. The van der Waals surface area contributed by atoms with Crippen molar-refractivity contribution >= 4 is 0 Å². The highest BCUT2D eigenvalue weighted by Gasteiger charge is 2.30. The van der Waals surface area contributed by atoms with Crippen LogP contribution in [-0.4, -0.2) is 30.1 Å². The predicted octanol–water partition coefficient (Wildman–Crippen LogP) is 3.12. The molecule has 1 rings (SSSR count). The summed E-state index contributed by atoms with van der Waals surface area (Å²) in [4.78, 5) is 2.56. The smallest absolute Gasteiger partial charge is 0.00795 e. The average Bonchev–Trinajstić information content (AvgIpc) is 2.27. The molecule has 0 bridgehead atoms. The lowest BCUT2D eigenvalue weighted by Gasteiger charge is -2.39. The van der Waals surface area contributed by atoms with Gasteiger partial charge in [0.2, 0.25) is 0 Å². The third-order valence-electron chi connectivity index (χ3n) is 4.63. The molecule has 1 fully saturated rings. The van der Waals surface area contributed by atoms with Gasteiger partial charge < -0.3 is 10.6 Å². The number of rotatable bonds is 5. The zero-order chi connectivity index (χ0) is 13.0. The lowest BCUT2D eigenvalue weighted by Crippen LogP contribution is -2.45. The van der Waals surface area contributed by atoms with Crippen LogP contribution < -0.4 is 5.73 Å². The number of hydrogen-bond acceptors (Lipinski definition) is 2. The molecular formula is C15H32N2. The van der Waals surface area contributed by atoms with Crippen LogP contribution in [0.5, 0.6) is 0 Å². The number of hydrogen-bond donors (Lipinski definition) is 1. The summed E-state index contributed by atoms with van der Waals surface area (Å²) in [6, 6.07) is 1.07. The monoisotopic (exact) mass is 240 g/mol. The van der Waals surface area contributed by atoms with Crippen LogP contribution in [0.2, 0.25) is 0 Å². The molecule has 2 nitrogen and oxygen atoms in total. The minimum atomic E-state index is 0.429. The van der Waals surface area contributed by atoms with Crippen molar-refractivity contribution in [3.05, 3.63) is 0 Å². The summed E-state index contributed by atoms with van der Waals surface area (Å²) in [5.41, 5.74) is 6.32. The van der Waals surface area contributed by atoms with E-state index in [1.807, 2.05) is 0 Å². The fourth-order valence-corrected chi connectivity index (χ4v) is 3.15. The molecule has 1 saturated carbocycles. The molecule has 2 N–H and O–H groups in total. The molecule has 0 heterocycles. The zero-order valence-corrected chi connectivity index (χ0v) is 12.4. The topological polar surface area (TPSA) is 29.3 Å². The van der Waals surface area contributed by atoms with Gasteiger partial charge in [-0.2, -0.15) is 0 Å². The Morgan fingerprint density at radius 2 is 1.82 bits per heavy atom. The van der Waals surface area contributed by atoms with Crippen LogP contribution in [0.1, 0.15) is 53.9 Å². The summed E-state index contributed by atoms with van der Waals surface area (Å²) < 4.78 is 0. The molecule has 3 unspecified atom stereocenters. The first-order valence-corrected chi connectivity index (χ1v) is 7.45. The maximum atomic E-state index is 6.32. The Morgan fingerprint density at radius 1 is 1.18 bits per heavy atom. The molecule has 0 spiro atoms. The molecule has 0 aromatic rings. The van der Waals surface area contributed by atoms with E-state index in [1.165, 1.54) is 25.8 Å². The maximum Gasteiger partial charge on any atom is 0.00795 e. The van der Waals surface area contributed by atoms with Crippen molar-refractivity contribution < 1.29 is 0 Å². The molecule has 0 aromatic heterocycles. The summed E-state index contributed by atoms with van der Waals surface area (Å²) in [6.07, 6.45) is 3.90. The number of nitrogens with zero attached hydrogens (tertiary/aromatic N) is 1. The minimum Gasteiger partial charge on any atom is -0.327 e. The lowest BCUT2D eigenvalue weighted by molar-refractivity contribution is 0.123. The summed E-state index contributed by atoms with van der Waals surface area (Å²) in [5, 5.41) is 0. The minimum absolute atomic E-state index is 0.429. The van der Waals surface area contributed by atoms with Gasteiger partial charge in [0.05, 0.1) is 0 Å². The highest BCUT2D eigenvalue weighted by atomic mass is 15.1. The standard InChI is InChI=1S/C15H32N2/c1-6-17(12(4)5)10-14-9-13(11(2)3)7-8-15(14)16/h11-15H,6-10,16H2,1-5H3. The van der Waals surface area contributed by atoms with Crippen molar-refractivity contribution in [1.82, 2.24) is 4.90 Å².